The predicted molar refractivity (Wildman–Crippen MR) is 84.6 cm³/mol. The molecule has 6 heteroatoms. The zero-order valence-electron chi connectivity index (χ0n) is 12.9. The van der Waals surface area contributed by atoms with Crippen molar-refractivity contribution in [1.82, 2.24) is 20.4 Å². The number of aryl methyl sites for hydroxylation is 1. The normalized spacial score (nSPS) is 11.9. The molecule has 0 bridgehead atoms. The molecule has 1 unspecified atom stereocenters. The van der Waals surface area contributed by atoms with Crippen LogP contribution in [0.25, 0.3) is 11.4 Å². The third kappa shape index (κ3) is 3.42. The summed E-state index contributed by atoms with van der Waals surface area (Å²) < 4.78 is 5.27. The number of benzene rings is 1. The molecule has 6 nitrogen and oxygen atoms in total. The Morgan fingerprint density at radius 3 is 2.74 bits per heavy atom. The average Bonchev–Trinajstić information content (AvgIpc) is 3.06. The Bertz CT molecular complexity index is 814. The van der Waals surface area contributed by atoms with Crippen molar-refractivity contribution >= 4 is 5.91 Å². The number of hydrogen-bond acceptors (Lipinski definition) is 5. The van der Waals surface area contributed by atoms with Crippen molar-refractivity contribution in [3.05, 3.63) is 65.8 Å². The molecule has 3 rings (SSSR count). The third-order valence-electron chi connectivity index (χ3n) is 3.38. The molecule has 0 saturated carbocycles. The van der Waals surface area contributed by atoms with Gasteiger partial charge in [0.1, 0.15) is 6.04 Å². The van der Waals surface area contributed by atoms with Gasteiger partial charge in [-0.05, 0) is 32.0 Å². The highest BCUT2D eigenvalue weighted by Gasteiger charge is 2.18. The Morgan fingerprint density at radius 1 is 1.22 bits per heavy atom. The number of nitrogens with one attached hydrogen (secondary N) is 1. The number of aromatic nitrogens is 3. The quantitative estimate of drug-likeness (QED) is 0.801. The Hall–Kier alpha value is -3.02. The van der Waals surface area contributed by atoms with Crippen molar-refractivity contribution in [2.75, 3.05) is 0 Å². The molecular weight excluding hydrogens is 292 g/mol. The smallest absolute Gasteiger partial charge is 0.252 e. The SMILES string of the molecule is Cc1cccc(-c2noc(C(C)NC(=O)c3ccncc3)n2)c1. The summed E-state index contributed by atoms with van der Waals surface area (Å²) in [5.41, 5.74) is 2.53. The first-order valence-corrected chi connectivity index (χ1v) is 7.25. The summed E-state index contributed by atoms with van der Waals surface area (Å²) in [5.74, 6) is 0.660. The minimum absolute atomic E-state index is 0.213. The third-order valence-corrected chi connectivity index (χ3v) is 3.38. The second kappa shape index (κ2) is 6.39. The van der Waals surface area contributed by atoms with E-state index < -0.39 is 0 Å². The van der Waals surface area contributed by atoms with E-state index in [0.717, 1.165) is 11.1 Å². The molecule has 2 heterocycles. The second-order valence-corrected chi connectivity index (χ2v) is 5.26. The van der Waals surface area contributed by atoms with Crippen molar-refractivity contribution < 1.29 is 9.32 Å². The van der Waals surface area contributed by atoms with Gasteiger partial charge in [0.05, 0.1) is 0 Å². The van der Waals surface area contributed by atoms with Gasteiger partial charge in [0.2, 0.25) is 11.7 Å². The van der Waals surface area contributed by atoms with Gasteiger partial charge in [-0.15, -0.1) is 0 Å². The largest absolute Gasteiger partial charge is 0.341 e. The standard InChI is InChI=1S/C17H16N4O2/c1-11-4-3-5-14(10-11)15-20-17(23-21-15)12(2)19-16(22)13-6-8-18-9-7-13/h3-10,12H,1-2H3,(H,19,22). The first-order chi connectivity index (χ1) is 11.1. The number of rotatable bonds is 4. The molecule has 1 N–H and O–H groups in total. The molecule has 1 aromatic carbocycles. The summed E-state index contributed by atoms with van der Waals surface area (Å²) in [6.45, 7) is 3.80. The topological polar surface area (TPSA) is 80.9 Å². The molecule has 23 heavy (non-hydrogen) atoms. The molecule has 1 amide bonds. The molecule has 0 aliphatic heterocycles. The number of hydrogen-bond donors (Lipinski definition) is 1. The van der Waals surface area contributed by atoms with Gasteiger partial charge in [0.15, 0.2) is 0 Å². The number of nitrogens with zero attached hydrogens (tertiary/aromatic N) is 3. The fourth-order valence-corrected chi connectivity index (χ4v) is 2.16. The highest BCUT2D eigenvalue weighted by molar-refractivity contribution is 5.94. The fraction of sp³-hybridized carbons (Fsp3) is 0.176. The predicted octanol–water partition coefficient (Wildman–Crippen LogP) is 2.93. The summed E-state index contributed by atoms with van der Waals surface area (Å²) in [4.78, 5) is 20.4. The Balaban J connectivity index is 1.74. The average molecular weight is 308 g/mol. The second-order valence-electron chi connectivity index (χ2n) is 5.26. The van der Waals surface area contributed by atoms with E-state index in [9.17, 15) is 4.79 Å². The van der Waals surface area contributed by atoms with Crippen molar-refractivity contribution in [1.29, 1.82) is 0 Å². The summed E-state index contributed by atoms with van der Waals surface area (Å²) in [6.07, 6.45) is 3.14. The molecular formula is C17H16N4O2. The molecule has 0 radical (unpaired) electrons. The fourth-order valence-electron chi connectivity index (χ4n) is 2.16. The van der Waals surface area contributed by atoms with Crippen LogP contribution in [0.1, 0.15) is 34.8 Å². The molecule has 1 atom stereocenters. The van der Waals surface area contributed by atoms with E-state index in [1.54, 1.807) is 31.5 Å². The molecule has 2 aromatic heterocycles. The first-order valence-electron chi connectivity index (χ1n) is 7.25. The van der Waals surface area contributed by atoms with Gasteiger partial charge >= 0.3 is 0 Å². The van der Waals surface area contributed by atoms with Crippen LogP contribution in [0, 0.1) is 6.92 Å². The van der Waals surface area contributed by atoms with Crippen LogP contribution in [-0.2, 0) is 0 Å². The molecule has 0 aliphatic carbocycles. The van der Waals surface area contributed by atoms with E-state index in [4.69, 9.17) is 4.52 Å². The van der Waals surface area contributed by atoms with Crippen molar-refractivity contribution in [2.45, 2.75) is 19.9 Å². The highest BCUT2D eigenvalue weighted by Crippen LogP contribution is 2.19. The van der Waals surface area contributed by atoms with Crippen LogP contribution in [0.3, 0.4) is 0 Å². The van der Waals surface area contributed by atoms with Gasteiger partial charge in [-0.25, -0.2) is 0 Å². The monoisotopic (exact) mass is 308 g/mol. The van der Waals surface area contributed by atoms with Gasteiger partial charge in [-0.2, -0.15) is 4.98 Å². The summed E-state index contributed by atoms with van der Waals surface area (Å²) >= 11 is 0. The van der Waals surface area contributed by atoms with Crippen molar-refractivity contribution in [3.8, 4) is 11.4 Å². The van der Waals surface area contributed by atoms with Crippen LogP contribution in [0.5, 0.6) is 0 Å². The summed E-state index contributed by atoms with van der Waals surface area (Å²) in [7, 11) is 0. The zero-order valence-corrected chi connectivity index (χ0v) is 12.9. The van der Waals surface area contributed by atoms with E-state index in [-0.39, 0.29) is 11.9 Å². The van der Waals surface area contributed by atoms with Crippen molar-refractivity contribution in [2.24, 2.45) is 0 Å². The van der Waals surface area contributed by atoms with E-state index in [0.29, 0.717) is 17.3 Å². The first kappa shape index (κ1) is 14.9. The van der Waals surface area contributed by atoms with Crippen LogP contribution in [-0.4, -0.2) is 21.0 Å². The van der Waals surface area contributed by atoms with E-state index in [2.05, 4.69) is 20.4 Å². The van der Waals surface area contributed by atoms with Gasteiger partial charge in [-0.1, -0.05) is 28.9 Å². The van der Waals surface area contributed by atoms with Crippen LogP contribution in [0.15, 0.2) is 53.3 Å². The van der Waals surface area contributed by atoms with Crippen LogP contribution < -0.4 is 5.32 Å². The number of amides is 1. The number of pyridine rings is 1. The van der Waals surface area contributed by atoms with E-state index >= 15 is 0 Å². The van der Waals surface area contributed by atoms with Gasteiger partial charge in [0, 0.05) is 23.5 Å². The molecule has 0 spiro atoms. The minimum Gasteiger partial charge on any atom is -0.341 e. The number of carbonyl (C=O) groups excluding carboxylic acids is 1. The summed E-state index contributed by atoms with van der Waals surface area (Å²) in [6, 6.07) is 10.7. The Morgan fingerprint density at radius 2 is 2.00 bits per heavy atom. The van der Waals surface area contributed by atoms with Crippen LogP contribution in [0.4, 0.5) is 0 Å². The zero-order chi connectivity index (χ0) is 16.2. The molecule has 0 aliphatic rings. The lowest BCUT2D eigenvalue weighted by atomic mass is 10.1. The Labute approximate surface area is 133 Å². The lowest BCUT2D eigenvalue weighted by Gasteiger charge is -2.09. The highest BCUT2D eigenvalue weighted by atomic mass is 16.5. The van der Waals surface area contributed by atoms with E-state index in [1.165, 1.54) is 0 Å². The van der Waals surface area contributed by atoms with Crippen molar-refractivity contribution in [3.63, 3.8) is 0 Å². The van der Waals surface area contributed by atoms with Gasteiger partial charge < -0.3 is 9.84 Å². The molecule has 116 valence electrons. The van der Waals surface area contributed by atoms with E-state index in [1.807, 2.05) is 31.2 Å². The molecule has 3 aromatic rings. The van der Waals surface area contributed by atoms with Crippen LogP contribution in [0.2, 0.25) is 0 Å². The Kier molecular flexibility index (Phi) is 4.14. The maximum absolute atomic E-state index is 12.1. The molecule has 0 saturated heterocycles. The van der Waals surface area contributed by atoms with Gasteiger partial charge in [0.25, 0.3) is 5.91 Å². The molecule has 0 fully saturated rings. The minimum atomic E-state index is -0.387. The maximum atomic E-state index is 12.1. The lowest BCUT2D eigenvalue weighted by Crippen LogP contribution is -2.26. The number of carbonyl (C=O) groups is 1. The summed E-state index contributed by atoms with van der Waals surface area (Å²) in [5, 5.41) is 6.81. The van der Waals surface area contributed by atoms with Gasteiger partial charge in [-0.3, -0.25) is 9.78 Å². The lowest BCUT2D eigenvalue weighted by molar-refractivity contribution is 0.0932. The van der Waals surface area contributed by atoms with Crippen LogP contribution >= 0.6 is 0 Å². The maximum Gasteiger partial charge on any atom is 0.252 e.